The molecular weight excluding hydrogens is 268 g/mol. The van der Waals surface area contributed by atoms with Gasteiger partial charge in [-0.15, -0.1) is 6.42 Å². The first-order chi connectivity index (χ1) is 10.5. The molecule has 0 N–H and O–H groups in total. The molecule has 0 spiro atoms. The number of terminal acetylenes is 1. The Labute approximate surface area is 134 Å². The molecule has 5 atom stereocenters. The Morgan fingerprint density at radius 2 is 2.00 bits per heavy atom. The molecule has 0 amide bonds. The summed E-state index contributed by atoms with van der Waals surface area (Å²) in [5, 5.41) is 0. The highest BCUT2D eigenvalue weighted by atomic mass is 16.1. The minimum absolute atomic E-state index is 0.0307. The molecule has 0 saturated heterocycles. The van der Waals surface area contributed by atoms with Crippen molar-refractivity contribution < 1.29 is 4.79 Å². The Bertz CT molecular complexity index is 618. The monoisotopic (exact) mass is 294 g/mol. The zero-order valence-electron chi connectivity index (χ0n) is 13.7. The fourth-order valence-corrected chi connectivity index (χ4v) is 6.35. The third-order valence-electron chi connectivity index (χ3n) is 7.58. The molecule has 0 aromatic carbocycles. The predicted octanol–water partition coefficient (Wildman–Crippen LogP) is 4.69. The zero-order valence-corrected chi connectivity index (χ0v) is 13.7. The van der Waals surface area contributed by atoms with Crippen molar-refractivity contribution in [1.29, 1.82) is 0 Å². The average molecular weight is 294 g/mol. The van der Waals surface area contributed by atoms with Gasteiger partial charge in [-0.05, 0) is 62.7 Å². The van der Waals surface area contributed by atoms with Gasteiger partial charge >= 0.3 is 0 Å². The van der Waals surface area contributed by atoms with Crippen LogP contribution in [0.1, 0.15) is 58.3 Å². The molecule has 0 aliphatic heterocycles. The number of carbonyl (C=O) groups excluding carboxylic acids is 1. The normalized spacial score (nSPS) is 47.1. The molecule has 0 radical (unpaired) electrons. The van der Waals surface area contributed by atoms with E-state index in [9.17, 15) is 4.79 Å². The van der Waals surface area contributed by atoms with E-state index < -0.39 is 0 Å². The number of Topliss-reactive ketones (excluding diaryl/α,β-unsaturated/α-hetero) is 1. The first kappa shape index (κ1) is 14.3. The van der Waals surface area contributed by atoms with Gasteiger partial charge in [-0.3, -0.25) is 4.79 Å². The van der Waals surface area contributed by atoms with Crippen LogP contribution in [0.3, 0.4) is 0 Å². The molecule has 1 heteroatoms. The molecule has 0 bridgehead atoms. The average Bonchev–Trinajstić information content (AvgIpc) is 2.82. The highest BCUT2D eigenvalue weighted by Gasteiger charge is 2.59. The summed E-state index contributed by atoms with van der Waals surface area (Å²) >= 11 is 0. The molecule has 4 aliphatic carbocycles. The highest BCUT2D eigenvalue weighted by Crippen LogP contribution is 2.64. The van der Waals surface area contributed by atoms with Crippen molar-refractivity contribution in [2.45, 2.75) is 58.3 Å². The summed E-state index contributed by atoms with van der Waals surface area (Å²) in [6, 6.07) is 0. The lowest BCUT2D eigenvalue weighted by Gasteiger charge is -2.56. The van der Waals surface area contributed by atoms with Gasteiger partial charge < -0.3 is 0 Å². The van der Waals surface area contributed by atoms with Crippen molar-refractivity contribution >= 4 is 5.78 Å². The molecule has 0 heterocycles. The quantitative estimate of drug-likeness (QED) is 0.592. The first-order valence-electron chi connectivity index (χ1n) is 8.91. The molecule has 4 aliphatic rings. The Balaban J connectivity index is 1.75. The van der Waals surface area contributed by atoms with Gasteiger partial charge in [0.1, 0.15) is 5.78 Å². The number of fused-ring (bicyclic) bond motifs is 5. The number of carbonyl (C=O) groups is 1. The smallest absolute Gasteiger partial charge is 0.139 e. The maximum atomic E-state index is 12.4. The van der Waals surface area contributed by atoms with Crippen LogP contribution < -0.4 is 0 Å². The van der Waals surface area contributed by atoms with Gasteiger partial charge in [0, 0.05) is 11.8 Å². The van der Waals surface area contributed by atoms with Gasteiger partial charge in [0.25, 0.3) is 0 Å². The van der Waals surface area contributed by atoms with Gasteiger partial charge in [-0.2, -0.15) is 0 Å². The SMILES string of the molecule is C#C[C@]12CCC(=C)C=C1CC[C@@H]1[C@@H]2CC[C@]2(C)C(=O)CC[C@@H]12. The number of hydrogen-bond acceptors (Lipinski definition) is 1. The summed E-state index contributed by atoms with van der Waals surface area (Å²) in [5.41, 5.74) is 2.64. The van der Waals surface area contributed by atoms with E-state index in [2.05, 4.69) is 25.5 Å². The maximum Gasteiger partial charge on any atom is 0.139 e. The van der Waals surface area contributed by atoms with E-state index in [1.54, 1.807) is 0 Å². The van der Waals surface area contributed by atoms with Crippen molar-refractivity contribution in [2.24, 2.45) is 28.6 Å². The van der Waals surface area contributed by atoms with Gasteiger partial charge in [-0.1, -0.05) is 36.6 Å². The Morgan fingerprint density at radius 1 is 1.18 bits per heavy atom. The van der Waals surface area contributed by atoms with Crippen LogP contribution in [0, 0.1) is 40.9 Å². The van der Waals surface area contributed by atoms with Crippen molar-refractivity contribution in [2.75, 3.05) is 0 Å². The minimum atomic E-state index is -0.0452. The Kier molecular flexibility index (Phi) is 3.00. The summed E-state index contributed by atoms with van der Waals surface area (Å²) in [7, 11) is 0. The number of rotatable bonds is 0. The predicted molar refractivity (Wildman–Crippen MR) is 89.0 cm³/mol. The summed E-state index contributed by atoms with van der Waals surface area (Å²) in [5.74, 6) is 5.59. The first-order valence-corrected chi connectivity index (χ1v) is 8.91. The van der Waals surface area contributed by atoms with Crippen LogP contribution in [-0.2, 0) is 4.79 Å². The lowest BCUT2D eigenvalue weighted by Crippen LogP contribution is -2.50. The topological polar surface area (TPSA) is 17.1 Å². The van der Waals surface area contributed by atoms with Crippen LogP contribution in [0.4, 0.5) is 0 Å². The molecule has 22 heavy (non-hydrogen) atoms. The van der Waals surface area contributed by atoms with Gasteiger partial charge in [0.15, 0.2) is 0 Å². The van der Waals surface area contributed by atoms with E-state index in [1.807, 2.05) is 0 Å². The Hall–Kier alpha value is -1.29. The summed E-state index contributed by atoms with van der Waals surface area (Å²) in [4.78, 5) is 12.4. The molecule has 116 valence electrons. The lowest BCUT2D eigenvalue weighted by molar-refractivity contribution is -0.131. The molecule has 4 rings (SSSR count). The van der Waals surface area contributed by atoms with Crippen LogP contribution in [0.15, 0.2) is 23.8 Å². The van der Waals surface area contributed by atoms with Gasteiger partial charge in [-0.25, -0.2) is 0 Å². The molecule has 0 aromatic rings. The highest BCUT2D eigenvalue weighted by molar-refractivity contribution is 5.87. The molecule has 1 nitrogen and oxygen atoms in total. The molecule has 0 aromatic heterocycles. The lowest BCUT2D eigenvalue weighted by atomic mass is 9.47. The molecule has 3 fully saturated rings. The van der Waals surface area contributed by atoms with E-state index in [0.717, 1.165) is 44.9 Å². The van der Waals surface area contributed by atoms with Crippen molar-refractivity contribution in [3.05, 3.63) is 23.8 Å². The number of allylic oxidation sites excluding steroid dienone is 3. The van der Waals surface area contributed by atoms with Gasteiger partial charge in [0.05, 0.1) is 5.41 Å². The molecular formula is C21H26O. The Morgan fingerprint density at radius 3 is 2.77 bits per heavy atom. The fourth-order valence-electron chi connectivity index (χ4n) is 6.35. The third kappa shape index (κ3) is 1.65. The third-order valence-corrected chi connectivity index (χ3v) is 7.58. The van der Waals surface area contributed by atoms with E-state index in [0.29, 0.717) is 23.5 Å². The van der Waals surface area contributed by atoms with Crippen molar-refractivity contribution in [1.82, 2.24) is 0 Å². The van der Waals surface area contributed by atoms with E-state index >= 15 is 0 Å². The zero-order chi connectivity index (χ0) is 15.5. The van der Waals surface area contributed by atoms with Crippen molar-refractivity contribution in [3.63, 3.8) is 0 Å². The summed E-state index contributed by atoms with van der Waals surface area (Å²) < 4.78 is 0. The van der Waals surface area contributed by atoms with E-state index in [1.165, 1.54) is 17.6 Å². The van der Waals surface area contributed by atoms with Crippen LogP contribution in [0.5, 0.6) is 0 Å². The fraction of sp³-hybridized carbons (Fsp3) is 0.667. The van der Waals surface area contributed by atoms with Crippen LogP contribution in [0.25, 0.3) is 0 Å². The molecule has 0 unspecified atom stereocenters. The second kappa shape index (κ2) is 4.60. The summed E-state index contributed by atoms with van der Waals surface area (Å²) in [6.07, 6.45) is 17.0. The number of ketones is 1. The second-order valence-electron chi connectivity index (χ2n) is 8.28. The largest absolute Gasteiger partial charge is 0.299 e. The van der Waals surface area contributed by atoms with Crippen LogP contribution in [0.2, 0.25) is 0 Å². The minimum Gasteiger partial charge on any atom is -0.299 e. The standard InChI is InChI=1S/C21H26O/c1-4-21-12-9-14(2)13-15(21)5-6-16-17-7-8-19(22)20(17,3)11-10-18(16)21/h1,13,16-18H,2,5-12H2,3H3/t16-,17-,18-,20-,21-/m0/s1. The van der Waals surface area contributed by atoms with Crippen LogP contribution in [-0.4, -0.2) is 5.78 Å². The maximum absolute atomic E-state index is 12.4. The second-order valence-corrected chi connectivity index (χ2v) is 8.28. The van der Waals surface area contributed by atoms with Gasteiger partial charge in [0.2, 0.25) is 0 Å². The van der Waals surface area contributed by atoms with Crippen molar-refractivity contribution in [3.8, 4) is 12.3 Å². The van der Waals surface area contributed by atoms with E-state index in [4.69, 9.17) is 6.42 Å². The molecule has 3 saturated carbocycles. The van der Waals surface area contributed by atoms with E-state index in [-0.39, 0.29) is 10.8 Å². The number of hydrogen-bond donors (Lipinski definition) is 0. The summed E-state index contributed by atoms with van der Waals surface area (Å²) in [6.45, 7) is 6.40. The van der Waals surface area contributed by atoms with Crippen LogP contribution >= 0.6 is 0 Å².